The van der Waals surface area contributed by atoms with Crippen LogP contribution in [-0.4, -0.2) is 28.8 Å². The summed E-state index contributed by atoms with van der Waals surface area (Å²) in [6, 6.07) is -0.351. The highest BCUT2D eigenvalue weighted by molar-refractivity contribution is 5.81. The van der Waals surface area contributed by atoms with Gasteiger partial charge in [-0.2, -0.15) is 0 Å². The lowest BCUT2D eigenvalue weighted by Gasteiger charge is -2.26. The van der Waals surface area contributed by atoms with Crippen LogP contribution < -0.4 is 5.32 Å². The Hall–Kier alpha value is -1.52. The van der Waals surface area contributed by atoms with Crippen molar-refractivity contribution in [3.05, 3.63) is 11.6 Å². The molecule has 0 rings (SSSR count). The number of amides is 1. The number of nitrogens with one attached hydrogen (secondary N) is 1. The van der Waals surface area contributed by atoms with Gasteiger partial charge >= 0.3 is 12.1 Å². The number of aliphatic carboxylic acids is 1. The topological polar surface area (TPSA) is 75.6 Å². The second kappa shape index (κ2) is 6.42. The Bertz CT molecular complexity index is 339. The number of alkyl carbamates (subject to hydrolysis) is 1. The van der Waals surface area contributed by atoms with Crippen LogP contribution in [0.15, 0.2) is 11.6 Å². The summed E-state index contributed by atoms with van der Waals surface area (Å²) in [6.07, 6.45) is 0.557. The Morgan fingerprint density at radius 3 is 2.11 bits per heavy atom. The molecule has 0 fully saturated rings. The van der Waals surface area contributed by atoms with E-state index in [1.54, 1.807) is 27.7 Å². The maximum atomic E-state index is 11.7. The zero-order chi connectivity index (χ0) is 14.5. The van der Waals surface area contributed by atoms with Crippen molar-refractivity contribution >= 4 is 12.1 Å². The van der Waals surface area contributed by atoms with Crippen LogP contribution in [0.3, 0.4) is 0 Å². The van der Waals surface area contributed by atoms with Crippen LogP contribution in [0.1, 0.15) is 41.5 Å². The quantitative estimate of drug-likeness (QED) is 0.759. The van der Waals surface area contributed by atoms with Gasteiger partial charge < -0.3 is 15.2 Å². The number of ether oxygens (including phenoxy) is 1. The number of carboxylic acids is 1. The van der Waals surface area contributed by atoms with Gasteiger partial charge in [0.2, 0.25) is 0 Å². The first-order valence-corrected chi connectivity index (χ1v) is 5.93. The smallest absolute Gasteiger partial charge is 0.408 e. The van der Waals surface area contributed by atoms with Gasteiger partial charge in [-0.1, -0.05) is 13.8 Å². The van der Waals surface area contributed by atoms with Crippen molar-refractivity contribution in [2.45, 2.75) is 53.2 Å². The van der Waals surface area contributed by atoms with Crippen molar-refractivity contribution in [2.24, 2.45) is 5.92 Å². The highest BCUT2D eigenvalue weighted by atomic mass is 16.6. The van der Waals surface area contributed by atoms with E-state index in [4.69, 9.17) is 9.84 Å². The highest BCUT2D eigenvalue weighted by Crippen LogP contribution is 2.13. The minimum atomic E-state index is -1.02. The van der Waals surface area contributed by atoms with Crippen LogP contribution >= 0.6 is 0 Å². The van der Waals surface area contributed by atoms with Gasteiger partial charge in [-0.25, -0.2) is 9.59 Å². The molecule has 0 heterocycles. The number of carbonyl (C=O) groups is 2. The van der Waals surface area contributed by atoms with Crippen molar-refractivity contribution in [3.63, 3.8) is 0 Å². The maximum Gasteiger partial charge on any atom is 0.408 e. The summed E-state index contributed by atoms with van der Waals surface area (Å²) in [5.74, 6) is -0.947. The molecule has 0 aromatic rings. The number of hydrogen-bond donors (Lipinski definition) is 2. The van der Waals surface area contributed by atoms with Crippen molar-refractivity contribution in [2.75, 3.05) is 0 Å². The maximum absolute atomic E-state index is 11.7. The first kappa shape index (κ1) is 16.5. The van der Waals surface area contributed by atoms with Crippen LogP contribution in [0, 0.1) is 5.92 Å². The average Bonchev–Trinajstić information content (AvgIpc) is 2.09. The van der Waals surface area contributed by atoms with E-state index in [2.05, 4.69) is 5.32 Å². The molecule has 0 unspecified atom stereocenters. The third-order valence-electron chi connectivity index (χ3n) is 2.18. The van der Waals surface area contributed by atoms with Gasteiger partial charge in [-0.05, 0) is 39.2 Å². The summed E-state index contributed by atoms with van der Waals surface area (Å²) in [4.78, 5) is 22.3. The number of carbonyl (C=O) groups excluding carboxylic acids is 1. The molecule has 0 aromatic heterocycles. The predicted octanol–water partition coefficient (Wildman–Crippen LogP) is 2.57. The van der Waals surface area contributed by atoms with E-state index in [-0.39, 0.29) is 12.0 Å². The Labute approximate surface area is 108 Å². The fourth-order valence-electron chi connectivity index (χ4n) is 1.53. The van der Waals surface area contributed by atoms with Crippen molar-refractivity contribution in [1.82, 2.24) is 5.32 Å². The molecular weight excluding hydrogens is 234 g/mol. The Kier molecular flexibility index (Phi) is 5.88. The molecule has 5 heteroatoms. The number of carboxylic acid groups (broad SMARTS) is 1. The fourth-order valence-corrected chi connectivity index (χ4v) is 1.53. The van der Waals surface area contributed by atoms with Gasteiger partial charge in [-0.15, -0.1) is 0 Å². The Morgan fingerprint density at radius 2 is 1.78 bits per heavy atom. The van der Waals surface area contributed by atoms with Crippen LogP contribution in [-0.2, 0) is 9.53 Å². The van der Waals surface area contributed by atoms with E-state index in [1.165, 1.54) is 0 Å². The van der Waals surface area contributed by atoms with Crippen molar-refractivity contribution in [1.29, 1.82) is 0 Å². The van der Waals surface area contributed by atoms with Gasteiger partial charge in [0.05, 0.1) is 6.04 Å². The summed E-state index contributed by atoms with van der Waals surface area (Å²) in [5.41, 5.74) is 0.0131. The van der Waals surface area contributed by atoms with Gasteiger partial charge in [0.1, 0.15) is 5.60 Å². The molecule has 0 aliphatic rings. The standard InChI is InChI=1S/C13H23NO4/c1-8(2)11(9(3)7-10(15)16)14-12(17)18-13(4,5)6/h7-8,11H,1-6H3,(H,14,17)(H,15,16)/b9-7+/t11-/m1/s1. The third kappa shape index (κ3) is 6.93. The van der Waals surface area contributed by atoms with E-state index in [0.29, 0.717) is 5.57 Å². The zero-order valence-corrected chi connectivity index (χ0v) is 11.9. The normalized spacial score (nSPS) is 14.3. The third-order valence-corrected chi connectivity index (χ3v) is 2.18. The highest BCUT2D eigenvalue weighted by Gasteiger charge is 2.22. The molecule has 0 radical (unpaired) electrons. The second-order valence-corrected chi connectivity index (χ2v) is 5.59. The van der Waals surface area contributed by atoms with Crippen LogP contribution in [0.5, 0.6) is 0 Å². The number of rotatable bonds is 4. The molecule has 2 N–H and O–H groups in total. The number of hydrogen-bond acceptors (Lipinski definition) is 3. The van der Waals surface area contributed by atoms with Crippen molar-refractivity contribution < 1.29 is 19.4 Å². The van der Waals surface area contributed by atoms with E-state index in [0.717, 1.165) is 6.08 Å². The molecule has 0 aliphatic heterocycles. The Morgan fingerprint density at radius 1 is 1.28 bits per heavy atom. The molecular formula is C13H23NO4. The lowest BCUT2D eigenvalue weighted by Crippen LogP contribution is -2.42. The molecule has 0 bridgehead atoms. The summed E-state index contributed by atoms with van der Waals surface area (Å²) in [6.45, 7) is 10.8. The van der Waals surface area contributed by atoms with E-state index in [9.17, 15) is 9.59 Å². The average molecular weight is 257 g/mol. The van der Waals surface area contributed by atoms with Gasteiger partial charge in [0.25, 0.3) is 0 Å². The molecule has 1 atom stereocenters. The molecule has 0 spiro atoms. The lowest BCUT2D eigenvalue weighted by atomic mass is 9.97. The van der Waals surface area contributed by atoms with E-state index in [1.807, 2.05) is 13.8 Å². The summed E-state index contributed by atoms with van der Waals surface area (Å²) < 4.78 is 5.15. The Balaban J connectivity index is 4.75. The van der Waals surface area contributed by atoms with Crippen molar-refractivity contribution in [3.8, 4) is 0 Å². The second-order valence-electron chi connectivity index (χ2n) is 5.59. The molecule has 5 nitrogen and oxygen atoms in total. The van der Waals surface area contributed by atoms with E-state index < -0.39 is 17.7 Å². The van der Waals surface area contributed by atoms with Gasteiger partial charge in [0.15, 0.2) is 0 Å². The summed E-state index contributed by atoms with van der Waals surface area (Å²) in [7, 11) is 0. The fraction of sp³-hybridized carbons (Fsp3) is 0.692. The molecule has 0 aliphatic carbocycles. The molecule has 0 saturated carbocycles. The minimum Gasteiger partial charge on any atom is -0.478 e. The van der Waals surface area contributed by atoms with Crippen LogP contribution in [0.4, 0.5) is 4.79 Å². The van der Waals surface area contributed by atoms with Gasteiger partial charge in [0, 0.05) is 6.08 Å². The van der Waals surface area contributed by atoms with Crippen LogP contribution in [0.2, 0.25) is 0 Å². The van der Waals surface area contributed by atoms with Crippen LogP contribution in [0.25, 0.3) is 0 Å². The molecule has 0 aromatic carbocycles. The monoisotopic (exact) mass is 257 g/mol. The predicted molar refractivity (Wildman–Crippen MR) is 69.4 cm³/mol. The SMILES string of the molecule is C/C(=C\C(=O)O)[C@H](NC(=O)OC(C)(C)C)C(C)C. The molecule has 0 saturated heterocycles. The molecule has 1 amide bonds. The summed E-state index contributed by atoms with van der Waals surface area (Å²) >= 11 is 0. The first-order valence-electron chi connectivity index (χ1n) is 5.93. The van der Waals surface area contributed by atoms with Gasteiger partial charge in [-0.3, -0.25) is 0 Å². The summed E-state index contributed by atoms with van der Waals surface area (Å²) in [5, 5.41) is 11.4. The molecule has 104 valence electrons. The van der Waals surface area contributed by atoms with E-state index >= 15 is 0 Å². The molecule has 18 heavy (non-hydrogen) atoms. The lowest BCUT2D eigenvalue weighted by molar-refractivity contribution is -0.131. The largest absolute Gasteiger partial charge is 0.478 e. The zero-order valence-electron chi connectivity index (χ0n) is 11.9. The first-order chi connectivity index (χ1) is 8.03. The minimum absolute atomic E-state index is 0.0770.